The van der Waals surface area contributed by atoms with E-state index in [1.807, 2.05) is 32.6 Å². The summed E-state index contributed by atoms with van der Waals surface area (Å²) in [7, 11) is 3.85. The number of nitrogens with zero attached hydrogens (tertiary/aromatic N) is 4. The molecular weight excluding hydrogens is 324 g/mol. The highest BCUT2D eigenvalue weighted by Crippen LogP contribution is 2.29. The monoisotopic (exact) mass is 338 g/mol. The van der Waals surface area contributed by atoms with Crippen LogP contribution in [0.5, 0.6) is 0 Å². The fraction of sp³-hybridized carbons (Fsp3) is 0.308. The van der Waals surface area contributed by atoms with Crippen molar-refractivity contribution in [1.29, 1.82) is 0 Å². The van der Waals surface area contributed by atoms with Gasteiger partial charge in [-0.2, -0.15) is 5.10 Å². The maximum Gasteiger partial charge on any atom is 0.283 e. The normalized spacial score (nSPS) is 11.0. The summed E-state index contributed by atoms with van der Waals surface area (Å²) in [4.78, 5) is 12.6. The van der Waals surface area contributed by atoms with E-state index in [4.69, 9.17) is 0 Å². The van der Waals surface area contributed by atoms with Crippen molar-refractivity contribution in [2.24, 2.45) is 7.05 Å². The van der Waals surface area contributed by atoms with E-state index in [-0.39, 0.29) is 10.6 Å². The summed E-state index contributed by atoms with van der Waals surface area (Å²) < 4.78 is 2.30. The zero-order valence-electron chi connectivity index (χ0n) is 11.3. The highest BCUT2D eigenvalue weighted by Gasteiger charge is 2.15. The third-order valence-electron chi connectivity index (χ3n) is 2.91. The number of hydrogen-bond donors (Lipinski definition) is 0. The molecule has 0 saturated heterocycles. The van der Waals surface area contributed by atoms with Crippen molar-refractivity contribution in [3.63, 3.8) is 0 Å². The van der Waals surface area contributed by atoms with Crippen LogP contribution in [0.15, 0.2) is 35.1 Å². The van der Waals surface area contributed by atoms with Crippen LogP contribution >= 0.6 is 15.9 Å². The molecule has 2 aromatic rings. The molecule has 0 fully saturated rings. The Hall–Kier alpha value is -1.73. The first-order valence-corrected chi connectivity index (χ1v) is 6.84. The number of hydrogen-bond acceptors (Lipinski definition) is 4. The van der Waals surface area contributed by atoms with Gasteiger partial charge in [-0.3, -0.25) is 19.7 Å². The standard InChI is InChI=1S/C13H15BrN4O2/c1-16(7-10-6-15-17(2)8-10)9-11-4-3-5-12(13(11)14)18(19)20/h3-6,8H,7,9H2,1-2H3. The largest absolute Gasteiger partial charge is 0.298 e. The molecule has 0 radical (unpaired) electrons. The van der Waals surface area contributed by atoms with Gasteiger partial charge in [0.25, 0.3) is 5.69 Å². The molecule has 1 aromatic heterocycles. The van der Waals surface area contributed by atoms with E-state index in [1.165, 1.54) is 6.07 Å². The number of nitro benzene ring substituents is 1. The van der Waals surface area contributed by atoms with Crippen LogP contribution in [0, 0.1) is 10.1 Å². The third-order valence-corrected chi connectivity index (χ3v) is 3.82. The second-order valence-electron chi connectivity index (χ2n) is 4.70. The predicted octanol–water partition coefficient (Wildman–Crippen LogP) is 2.72. The zero-order valence-corrected chi connectivity index (χ0v) is 12.9. The van der Waals surface area contributed by atoms with Gasteiger partial charge in [-0.1, -0.05) is 12.1 Å². The average molecular weight is 339 g/mol. The summed E-state index contributed by atoms with van der Waals surface area (Å²) in [5.74, 6) is 0. The van der Waals surface area contributed by atoms with Crippen molar-refractivity contribution in [1.82, 2.24) is 14.7 Å². The minimum absolute atomic E-state index is 0.0947. The molecule has 0 aliphatic carbocycles. The van der Waals surface area contributed by atoms with Crippen molar-refractivity contribution < 1.29 is 4.92 Å². The molecule has 2 rings (SSSR count). The van der Waals surface area contributed by atoms with E-state index in [9.17, 15) is 10.1 Å². The Labute approximate surface area is 125 Å². The molecule has 0 unspecified atom stereocenters. The zero-order chi connectivity index (χ0) is 14.7. The number of rotatable bonds is 5. The third kappa shape index (κ3) is 3.43. The highest BCUT2D eigenvalue weighted by atomic mass is 79.9. The molecule has 20 heavy (non-hydrogen) atoms. The van der Waals surface area contributed by atoms with Crippen molar-refractivity contribution in [3.05, 3.63) is 56.3 Å². The summed E-state index contributed by atoms with van der Waals surface area (Å²) in [5, 5.41) is 15.0. The Morgan fingerprint density at radius 2 is 2.20 bits per heavy atom. The fourth-order valence-electron chi connectivity index (χ4n) is 2.04. The van der Waals surface area contributed by atoms with Crippen molar-refractivity contribution in [2.75, 3.05) is 7.05 Å². The summed E-state index contributed by atoms with van der Waals surface area (Å²) in [6, 6.07) is 5.08. The first-order valence-electron chi connectivity index (χ1n) is 6.05. The Morgan fingerprint density at radius 1 is 1.45 bits per heavy atom. The molecule has 1 aromatic carbocycles. The first kappa shape index (κ1) is 14.7. The van der Waals surface area contributed by atoms with Crippen molar-refractivity contribution in [2.45, 2.75) is 13.1 Å². The van der Waals surface area contributed by atoms with Crippen LogP contribution in [0.1, 0.15) is 11.1 Å². The van der Waals surface area contributed by atoms with E-state index in [0.717, 1.165) is 17.7 Å². The molecule has 0 N–H and O–H groups in total. The van der Waals surface area contributed by atoms with Gasteiger partial charge in [0.05, 0.1) is 15.6 Å². The number of halogens is 1. The summed E-state index contributed by atoms with van der Waals surface area (Å²) in [6.45, 7) is 1.36. The molecule has 0 bridgehead atoms. The van der Waals surface area contributed by atoms with Gasteiger partial charge in [-0.05, 0) is 28.5 Å². The van der Waals surface area contributed by atoms with E-state index in [0.29, 0.717) is 11.0 Å². The number of nitro groups is 1. The van der Waals surface area contributed by atoms with Crippen LogP contribution in [-0.2, 0) is 20.1 Å². The van der Waals surface area contributed by atoms with Gasteiger partial charge in [0.2, 0.25) is 0 Å². The van der Waals surface area contributed by atoms with Gasteiger partial charge >= 0.3 is 0 Å². The fourth-order valence-corrected chi connectivity index (χ4v) is 2.58. The summed E-state index contributed by atoms with van der Waals surface area (Å²) in [6.07, 6.45) is 3.78. The Kier molecular flexibility index (Phi) is 4.51. The molecule has 1 heterocycles. The lowest BCUT2D eigenvalue weighted by Gasteiger charge is -2.16. The van der Waals surface area contributed by atoms with Crippen LogP contribution in [0.2, 0.25) is 0 Å². The lowest BCUT2D eigenvalue weighted by molar-refractivity contribution is -0.385. The van der Waals surface area contributed by atoms with Gasteiger partial charge in [0, 0.05) is 38.0 Å². The first-order chi connectivity index (χ1) is 9.47. The summed E-state index contributed by atoms with van der Waals surface area (Å²) in [5.41, 5.74) is 2.10. The predicted molar refractivity (Wildman–Crippen MR) is 79.2 cm³/mol. The van der Waals surface area contributed by atoms with Crippen LogP contribution < -0.4 is 0 Å². The molecule has 7 heteroatoms. The van der Waals surface area contributed by atoms with Crippen LogP contribution in [0.25, 0.3) is 0 Å². The second kappa shape index (κ2) is 6.15. The minimum Gasteiger partial charge on any atom is -0.298 e. The maximum atomic E-state index is 10.9. The van der Waals surface area contributed by atoms with Crippen molar-refractivity contribution in [3.8, 4) is 0 Å². The Bertz CT molecular complexity index is 627. The second-order valence-corrected chi connectivity index (χ2v) is 5.49. The van der Waals surface area contributed by atoms with E-state index >= 15 is 0 Å². The summed E-state index contributed by atoms with van der Waals surface area (Å²) >= 11 is 3.32. The van der Waals surface area contributed by atoms with Crippen LogP contribution in [-0.4, -0.2) is 26.7 Å². The van der Waals surface area contributed by atoms with E-state index in [1.54, 1.807) is 10.7 Å². The Morgan fingerprint density at radius 3 is 2.80 bits per heavy atom. The lowest BCUT2D eigenvalue weighted by Crippen LogP contribution is -2.17. The van der Waals surface area contributed by atoms with Gasteiger partial charge < -0.3 is 0 Å². The molecule has 0 aliphatic heterocycles. The SMILES string of the molecule is CN(Cc1cnn(C)c1)Cc1cccc([N+](=O)[O-])c1Br. The molecular formula is C13H15BrN4O2. The van der Waals surface area contributed by atoms with Crippen molar-refractivity contribution >= 4 is 21.6 Å². The molecule has 0 atom stereocenters. The average Bonchev–Trinajstić information content (AvgIpc) is 2.77. The number of benzene rings is 1. The molecule has 6 nitrogen and oxygen atoms in total. The molecule has 0 aliphatic rings. The Balaban J connectivity index is 2.09. The van der Waals surface area contributed by atoms with Crippen LogP contribution in [0.4, 0.5) is 5.69 Å². The minimum atomic E-state index is -0.380. The van der Waals surface area contributed by atoms with Gasteiger partial charge in [-0.15, -0.1) is 0 Å². The smallest absolute Gasteiger partial charge is 0.283 e. The highest BCUT2D eigenvalue weighted by molar-refractivity contribution is 9.10. The molecule has 0 spiro atoms. The topological polar surface area (TPSA) is 64.2 Å². The molecule has 0 amide bonds. The lowest BCUT2D eigenvalue weighted by atomic mass is 10.2. The number of aromatic nitrogens is 2. The van der Waals surface area contributed by atoms with Gasteiger partial charge in [-0.25, -0.2) is 0 Å². The van der Waals surface area contributed by atoms with Gasteiger partial charge in [0.15, 0.2) is 0 Å². The molecule has 0 saturated carbocycles. The van der Waals surface area contributed by atoms with E-state index < -0.39 is 0 Å². The van der Waals surface area contributed by atoms with Gasteiger partial charge in [0.1, 0.15) is 0 Å². The quantitative estimate of drug-likeness (QED) is 0.621. The maximum absolute atomic E-state index is 10.9. The number of aryl methyl sites for hydroxylation is 1. The molecule has 106 valence electrons. The van der Waals surface area contributed by atoms with Crippen LogP contribution in [0.3, 0.4) is 0 Å². The van der Waals surface area contributed by atoms with E-state index in [2.05, 4.69) is 25.9 Å².